The van der Waals surface area contributed by atoms with E-state index in [1.807, 2.05) is 12.1 Å². The van der Waals surface area contributed by atoms with Crippen LogP contribution < -0.4 is 5.32 Å². The van der Waals surface area contributed by atoms with Gasteiger partial charge in [-0.05, 0) is 51.0 Å². The molecular weight excluding hydrogens is 322 g/mol. The molecule has 2 aromatic rings. The largest absolute Gasteiger partial charge is 0.368 e. The van der Waals surface area contributed by atoms with Gasteiger partial charge in [-0.2, -0.15) is 0 Å². The van der Waals surface area contributed by atoms with Crippen molar-refractivity contribution in [2.24, 2.45) is 0 Å². The van der Waals surface area contributed by atoms with E-state index in [1.165, 1.54) is 38.8 Å². The molecule has 0 saturated carbocycles. The Morgan fingerprint density at radius 3 is 2.46 bits per heavy atom. The summed E-state index contributed by atoms with van der Waals surface area (Å²) < 4.78 is 0. The van der Waals surface area contributed by atoms with E-state index in [9.17, 15) is 0 Å². The van der Waals surface area contributed by atoms with Crippen molar-refractivity contribution in [1.29, 1.82) is 0 Å². The molecule has 0 spiro atoms. The van der Waals surface area contributed by atoms with Gasteiger partial charge in [0.15, 0.2) is 11.0 Å². The minimum absolute atomic E-state index is 0.349. The third-order valence-corrected chi connectivity index (χ3v) is 4.35. The molecule has 0 saturated heterocycles. The Hall–Kier alpha value is -1.46. The lowest BCUT2D eigenvalue weighted by atomic mass is 10.2. The van der Waals surface area contributed by atoms with Crippen LogP contribution in [0, 0.1) is 0 Å². The summed E-state index contributed by atoms with van der Waals surface area (Å²) in [7, 11) is 0. The number of fused-ring (bicyclic) bond motifs is 1. The van der Waals surface area contributed by atoms with E-state index in [2.05, 4.69) is 39.2 Å². The predicted molar refractivity (Wildman–Crippen MR) is 102 cm³/mol. The third kappa shape index (κ3) is 5.56. The van der Waals surface area contributed by atoms with Gasteiger partial charge in [0.05, 0.1) is 0 Å². The van der Waals surface area contributed by atoms with Crippen molar-refractivity contribution in [2.75, 3.05) is 31.5 Å². The number of halogens is 1. The Morgan fingerprint density at radius 1 is 1.04 bits per heavy atom. The van der Waals surface area contributed by atoms with Gasteiger partial charge in [0.1, 0.15) is 5.52 Å². The van der Waals surface area contributed by atoms with Gasteiger partial charge >= 0.3 is 0 Å². The van der Waals surface area contributed by atoms with Crippen LogP contribution in [0.3, 0.4) is 0 Å². The molecule has 0 amide bonds. The standard InChI is InChI=1S/C18H28ClN5/c1-3-5-12-24(13-6-4-2)14-8-11-21-18-15-9-7-10-20-16(15)17(19)22-23-18/h7,9-10H,3-6,8,11-14H2,1-2H3,(H,21,23). The van der Waals surface area contributed by atoms with Crippen LogP contribution in [0.1, 0.15) is 46.0 Å². The molecule has 0 aliphatic carbocycles. The summed E-state index contributed by atoms with van der Waals surface area (Å²) in [5.74, 6) is 0.760. The maximum absolute atomic E-state index is 6.06. The molecule has 0 aliphatic rings. The van der Waals surface area contributed by atoms with Crippen LogP contribution in [0.4, 0.5) is 5.82 Å². The number of hydrogen-bond donors (Lipinski definition) is 1. The SMILES string of the molecule is CCCCN(CCCC)CCCNc1nnc(Cl)c2ncccc12. The molecule has 0 radical (unpaired) electrons. The van der Waals surface area contributed by atoms with Crippen LogP contribution in [0.5, 0.6) is 0 Å². The van der Waals surface area contributed by atoms with Crippen LogP contribution in [-0.4, -0.2) is 46.3 Å². The van der Waals surface area contributed by atoms with Crippen molar-refractivity contribution in [3.05, 3.63) is 23.5 Å². The molecule has 6 heteroatoms. The van der Waals surface area contributed by atoms with E-state index < -0.39 is 0 Å². The molecule has 0 aliphatic heterocycles. The zero-order valence-electron chi connectivity index (χ0n) is 14.8. The highest BCUT2D eigenvalue weighted by atomic mass is 35.5. The molecule has 0 bridgehead atoms. The molecule has 0 unspecified atom stereocenters. The van der Waals surface area contributed by atoms with Crippen molar-refractivity contribution >= 4 is 28.3 Å². The third-order valence-electron chi connectivity index (χ3n) is 4.10. The lowest BCUT2D eigenvalue weighted by Crippen LogP contribution is -2.28. The van der Waals surface area contributed by atoms with E-state index in [0.717, 1.165) is 30.7 Å². The quantitative estimate of drug-likeness (QED) is 0.610. The molecule has 132 valence electrons. The van der Waals surface area contributed by atoms with Crippen LogP contribution in [0.25, 0.3) is 10.9 Å². The number of unbranched alkanes of at least 4 members (excludes halogenated alkanes) is 2. The van der Waals surface area contributed by atoms with E-state index in [-0.39, 0.29) is 0 Å². The highest BCUT2D eigenvalue weighted by Gasteiger charge is 2.08. The predicted octanol–water partition coefficient (Wildman–Crippen LogP) is 4.38. The Bertz CT molecular complexity index is 611. The maximum atomic E-state index is 6.06. The first kappa shape index (κ1) is 18.9. The van der Waals surface area contributed by atoms with Crippen molar-refractivity contribution in [3.63, 3.8) is 0 Å². The summed E-state index contributed by atoms with van der Waals surface area (Å²) in [5, 5.41) is 12.8. The molecule has 5 nitrogen and oxygen atoms in total. The molecule has 0 atom stereocenters. The van der Waals surface area contributed by atoms with Gasteiger partial charge in [0, 0.05) is 18.1 Å². The molecule has 24 heavy (non-hydrogen) atoms. The summed E-state index contributed by atoms with van der Waals surface area (Å²) in [6, 6.07) is 3.86. The highest BCUT2D eigenvalue weighted by Crippen LogP contribution is 2.23. The zero-order valence-corrected chi connectivity index (χ0v) is 15.5. The number of nitrogens with zero attached hydrogens (tertiary/aromatic N) is 4. The Labute approximate surface area is 149 Å². The monoisotopic (exact) mass is 349 g/mol. The first-order valence-electron chi connectivity index (χ1n) is 8.99. The normalized spacial score (nSPS) is 11.3. The first-order valence-corrected chi connectivity index (χ1v) is 9.37. The second-order valence-electron chi connectivity index (χ2n) is 6.07. The Balaban J connectivity index is 1.86. The summed E-state index contributed by atoms with van der Waals surface area (Å²) in [5.41, 5.74) is 0.698. The minimum Gasteiger partial charge on any atom is -0.368 e. The van der Waals surface area contributed by atoms with Crippen molar-refractivity contribution < 1.29 is 0 Å². The van der Waals surface area contributed by atoms with Crippen LogP contribution in [0.2, 0.25) is 5.15 Å². The van der Waals surface area contributed by atoms with E-state index in [1.54, 1.807) is 6.20 Å². The van der Waals surface area contributed by atoms with Gasteiger partial charge < -0.3 is 10.2 Å². The lowest BCUT2D eigenvalue weighted by Gasteiger charge is -2.22. The van der Waals surface area contributed by atoms with Crippen LogP contribution in [0.15, 0.2) is 18.3 Å². The van der Waals surface area contributed by atoms with Crippen molar-refractivity contribution in [3.8, 4) is 0 Å². The number of anilines is 1. The Morgan fingerprint density at radius 2 is 1.75 bits per heavy atom. The topological polar surface area (TPSA) is 53.9 Å². The second-order valence-corrected chi connectivity index (χ2v) is 6.43. The molecular formula is C18H28ClN5. The fourth-order valence-corrected chi connectivity index (χ4v) is 2.88. The number of pyridine rings is 1. The summed E-state index contributed by atoms with van der Waals surface area (Å²) >= 11 is 6.06. The number of aromatic nitrogens is 3. The maximum Gasteiger partial charge on any atom is 0.178 e. The fraction of sp³-hybridized carbons (Fsp3) is 0.611. The molecule has 1 N–H and O–H groups in total. The van der Waals surface area contributed by atoms with Gasteiger partial charge in [-0.3, -0.25) is 4.98 Å². The van der Waals surface area contributed by atoms with Gasteiger partial charge in [-0.15, -0.1) is 10.2 Å². The minimum atomic E-state index is 0.349. The van der Waals surface area contributed by atoms with Gasteiger partial charge in [-0.25, -0.2) is 0 Å². The second kappa shape index (κ2) is 10.4. The average molecular weight is 350 g/mol. The van der Waals surface area contributed by atoms with Crippen molar-refractivity contribution in [1.82, 2.24) is 20.1 Å². The number of nitrogens with one attached hydrogen (secondary N) is 1. The summed E-state index contributed by atoms with van der Waals surface area (Å²) in [6.45, 7) is 8.88. The van der Waals surface area contributed by atoms with E-state index in [0.29, 0.717) is 10.7 Å². The van der Waals surface area contributed by atoms with Crippen molar-refractivity contribution in [2.45, 2.75) is 46.0 Å². The zero-order chi connectivity index (χ0) is 17.2. The average Bonchev–Trinajstić information content (AvgIpc) is 2.62. The first-order chi connectivity index (χ1) is 11.8. The van der Waals surface area contributed by atoms with Gasteiger partial charge in [-0.1, -0.05) is 38.3 Å². The molecule has 2 aromatic heterocycles. The highest BCUT2D eigenvalue weighted by molar-refractivity contribution is 6.33. The number of rotatable bonds is 11. The van der Waals surface area contributed by atoms with E-state index in [4.69, 9.17) is 11.6 Å². The molecule has 2 heterocycles. The fourth-order valence-electron chi connectivity index (χ4n) is 2.69. The summed E-state index contributed by atoms with van der Waals surface area (Å²) in [6.07, 6.45) is 7.85. The Kier molecular flexibility index (Phi) is 8.19. The molecule has 0 aromatic carbocycles. The molecule has 0 fully saturated rings. The summed E-state index contributed by atoms with van der Waals surface area (Å²) in [4.78, 5) is 6.85. The van der Waals surface area contributed by atoms with Crippen LogP contribution in [-0.2, 0) is 0 Å². The smallest absolute Gasteiger partial charge is 0.178 e. The van der Waals surface area contributed by atoms with Gasteiger partial charge in [0.25, 0.3) is 0 Å². The molecule has 2 rings (SSSR count). The van der Waals surface area contributed by atoms with E-state index >= 15 is 0 Å². The van der Waals surface area contributed by atoms with Gasteiger partial charge in [0.2, 0.25) is 0 Å². The van der Waals surface area contributed by atoms with Crippen LogP contribution >= 0.6 is 11.6 Å². The number of hydrogen-bond acceptors (Lipinski definition) is 5. The lowest BCUT2D eigenvalue weighted by molar-refractivity contribution is 0.264.